The van der Waals surface area contributed by atoms with Crippen molar-refractivity contribution in [3.05, 3.63) is 100 Å². The van der Waals surface area contributed by atoms with Gasteiger partial charge in [-0.05, 0) is 35.9 Å². The fourth-order valence-electron chi connectivity index (χ4n) is 3.66. The number of carbonyl (C=O) groups excluding carboxylic acids is 2. The first-order chi connectivity index (χ1) is 14.5. The zero-order chi connectivity index (χ0) is 21.3. The lowest BCUT2D eigenvalue weighted by molar-refractivity contribution is -0.132. The second kappa shape index (κ2) is 8.16. The van der Waals surface area contributed by atoms with Gasteiger partial charge < -0.3 is 9.84 Å². The Balaban J connectivity index is 1.97. The number of para-hydroxylation sites is 1. The van der Waals surface area contributed by atoms with Crippen LogP contribution >= 0.6 is 15.9 Å². The molecule has 0 aromatic heterocycles. The summed E-state index contributed by atoms with van der Waals surface area (Å²) in [7, 11) is 1.49. The van der Waals surface area contributed by atoms with Gasteiger partial charge in [-0.1, -0.05) is 64.5 Å². The number of ether oxygens (including phenoxy) is 1. The first-order valence-corrected chi connectivity index (χ1v) is 10.1. The zero-order valence-electron chi connectivity index (χ0n) is 16.1. The maximum atomic E-state index is 13.1. The summed E-state index contributed by atoms with van der Waals surface area (Å²) in [4.78, 5) is 27.6. The van der Waals surface area contributed by atoms with Crippen molar-refractivity contribution in [2.45, 2.75) is 6.04 Å². The molecule has 1 unspecified atom stereocenters. The van der Waals surface area contributed by atoms with E-state index in [1.165, 1.54) is 12.0 Å². The van der Waals surface area contributed by atoms with Crippen molar-refractivity contribution in [3.63, 3.8) is 0 Å². The molecule has 1 amide bonds. The molecule has 5 nitrogen and oxygen atoms in total. The van der Waals surface area contributed by atoms with E-state index in [1.807, 2.05) is 36.4 Å². The molecule has 3 aromatic carbocycles. The van der Waals surface area contributed by atoms with Gasteiger partial charge in [0.25, 0.3) is 11.7 Å². The lowest BCUT2D eigenvalue weighted by Gasteiger charge is -2.25. The third kappa shape index (κ3) is 3.39. The predicted molar refractivity (Wildman–Crippen MR) is 118 cm³/mol. The van der Waals surface area contributed by atoms with Crippen LogP contribution in [0.1, 0.15) is 17.2 Å². The van der Waals surface area contributed by atoms with Gasteiger partial charge in [-0.2, -0.15) is 0 Å². The number of amides is 1. The number of Topliss-reactive ketones (excluding diaryl/α,β-unsaturated/α-hetero) is 1. The predicted octanol–water partition coefficient (Wildman–Crippen LogP) is 5.08. The van der Waals surface area contributed by atoms with E-state index in [4.69, 9.17) is 4.74 Å². The molecule has 30 heavy (non-hydrogen) atoms. The standard InChI is InChI=1S/C24H18BrNO4/c1-30-19-13-6-5-12-18(19)22(27)20-21(15-8-3-2-4-9-15)26(24(29)23(20)28)17-11-7-10-16(25)14-17/h2-14,21,27H,1H3/b22-20+. The molecule has 150 valence electrons. The molecule has 1 heterocycles. The molecule has 0 spiro atoms. The molecule has 1 saturated heterocycles. The van der Waals surface area contributed by atoms with Crippen LogP contribution in [-0.4, -0.2) is 23.9 Å². The van der Waals surface area contributed by atoms with E-state index in [9.17, 15) is 14.7 Å². The van der Waals surface area contributed by atoms with Crippen LogP contribution in [0.2, 0.25) is 0 Å². The van der Waals surface area contributed by atoms with Crippen LogP contribution in [0.4, 0.5) is 5.69 Å². The Hall–Kier alpha value is -3.38. The highest BCUT2D eigenvalue weighted by Crippen LogP contribution is 2.43. The molecule has 0 bridgehead atoms. The van der Waals surface area contributed by atoms with Crippen LogP contribution in [0.5, 0.6) is 5.75 Å². The van der Waals surface area contributed by atoms with Crippen LogP contribution in [0.3, 0.4) is 0 Å². The molecule has 1 N–H and O–H groups in total. The summed E-state index contributed by atoms with van der Waals surface area (Å²) in [5.74, 6) is -1.29. The summed E-state index contributed by atoms with van der Waals surface area (Å²) in [5.41, 5.74) is 1.65. The van der Waals surface area contributed by atoms with Crippen LogP contribution in [0.25, 0.3) is 5.76 Å². The molecule has 0 aliphatic carbocycles. The quantitative estimate of drug-likeness (QED) is 0.332. The van der Waals surface area contributed by atoms with Gasteiger partial charge in [-0.3, -0.25) is 14.5 Å². The molecule has 1 fully saturated rings. The number of hydrogen-bond acceptors (Lipinski definition) is 4. The average molecular weight is 464 g/mol. The number of rotatable bonds is 4. The summed E-state index contributed by atoms with van der Waals surface area (Å²) < 4.78 is 6.12. The van der Waals surface area contributed by atoms with Crippen molar-refractivity contribution in [1.29, 1.82) is 0 Å². The van der Waals surface area contributed by atoms with E-state index in [2.05, 4.69) is 15.9 Å². The molecule has 1 aliphatic rings. The van der Waals surface area contributed by atoms with E-state index in [0.717, 1.165) is 4.47 Å². The highest BCUT2D eigenvalue weighted by atomic mass is 79.9. The van der Waals surface area contributed by atoms with Gasteiger partial charge in [0.15, 0.2) is 0 Å². The largest absolute Gasteiger partial charge is 0.507 e. The minimum atomic E-state index is -0.773. The molecule has 3 aromatic rings. The van der Waals surface area contributed by atoms with Crippen molar-refractivity contribution in [3.8, 4) is 5.75 Å². The third-order valence-electron chi connectivity index (χ3n) is 5.01. The minimum absolute atomic E-state index is 0.0238. The van der Waals surface area contributed by atoms with Crippen molar-refractivity contribution < 1.29 is 19.4 Å². The van der Waals surface area contributed by atoms with E-state index < -0.39 is 17.7 Å². The molecule has 4 rings (SSSR count). The van der Waals surface area contributed by atoms with Gasteiger partial charge in [0.1, 0.15) is 11.5 Å². The Bertz CT molecular complexity index is 1160. The van der Waals surface area contributed by atoms with Gasteiger partial charge in [0, 0.05) is 10.2 Å². The van der Waals surface area contributed by atoms with Gasteiger partial charge in [0.05, 0.1) is 24.3 Å². The number of aliphatic hydroxyl groups is 1. The number of anilines is 1. The number of carbonyl (C=O) groups is 2. The van der Waals surface area contributed by atoms with Crippen LogP contribution in [-0.2, 0) is 9.59 Å². The number of halogens is 1. The summed E-state index contributed by atoms with van der Waals surface area (Å²) >= 11 is 3.42. The molecule has 1 aliphatic heterocycles. The average Bonchev–Trinajstić information content (AvgIpc) is 3.04. The molecular formula is C24H18BrNO4. The lowest BCUT2D eigenvalue weighted by atomic mass is 9.95. The molecular weight excluding hydrogens is 446 g/mol. The van der Waals surface area contributed by atoms with E-state index in [0.29, 0.717) is 22.6 Å². The summed E-state index contributed by atoms with van der Waals surface area (Å²) in [6, 6.07) is 22.4. The molecule has 6 heteroatoms. The van der Waals surface area contributed by atoms with E-state index in [1.54, 1.807) is 42.5 Å². The SMILES string of the molecule is COc1ccccc1/C(O)=C1\C(=O)C(=O)N(c2cccc(Br)c2)C1c1ccccc1. The Morgan fingerprint density at radius 1 is 0.967 bits per heavy atom. The molecule has 0 radical (unpaired) electrons. The summed E-state index contributed by atoms with van der Waals surface area (Å²) in [6.45, 7) is 0. The van der Waals surface area contributed by atoms with Crippen molar-refractivity contribution >= 4 is 39.1 Å². The highest BCUT2D eigenvalue weighted by molar-refractivity contribution is 9.10. The number of ketones is 1. The minimum Gasteiger partial charge on any atom is -0.507 e. The molecule has 1 atom stereocenters. The fourth-order valence-corrected chi connectivity index (χ4v) is 4.05. The Kier molecular flexibility index (Phi) is 5.42. The summed E-state index contributed by atoms with van der Waals surface area (Å²) in [6.07, 6.45) is 0. The highest BCUT2D eigenvalue weighted by Gasteiger charge is 2.47. The fraction of sp³-hybridized carbons (Fsp3) is 0.0833. The smallest absolute Gasteiger partial charge is 0.300 e. The number of methoxy groups -OCH3 is 1. The van der Waals surface area contributed by atoms with Gasteiger partial charge in [-0.15, -0.1) is 0 Å². The van der Waals surface area contributed by atoms with Crippen LogP contribution in [0.15, 0.2) is 88.9 Å². The first kappa shape index (κ1) is 19.9. The van der Waals surface area contributed by atoms with Gasteiger partial charge >= 0.3 is 0 Å². The second-order valence-electron chi connectivity index (χ2n) is 6.76. The summed E-state index contributed by atoms with van der Waals surface area (Å²) in [5, 5.41) is 11.2. The second-order valence-corrected chi connectivity index (χ2v) is 7.68. The Morgan fingerprint density at radius 2 is 1.67 bits per heavy atom. The number of benzene rings is 3. The van der Waals surface area contributed by atoms with Gasteiger partial charge in [0.2, 0.25) is 0 Å². The van der Waals surface area contributed by atoms with E-state index >= 15 is 0 Å². The first-order valence-electron chi connectivity index (χ1n) is 9.28. The van der Waals surface area contributed by atoms with E-state index in [-0.39, 0.29) is 11.3 Å². The Labute approximate surface area is 182 Å². The van der Waals surface area contributed by atoms with Crippen molar-refractivity contribution in [2.24, 2.45) is 0 Å². The Morgan fingerprint density at radius 3 is 2.37 bits per heavy atom. The molecule has 0 saturated carbocycles. The van der Waals surface area contributed by atoms with Crippen molar-refractivity contribution in [1.82, 2.24) is 0 Å². The number of aliphatic hydroxyl groups excluding tert-OH is 1. The van der Waals surface area contributed by atoms with Crippen LogP contribution in [0, 0.1) is 0 Å². The maximum Gasteiger partial charge on any atom is 0.300 e. The normalized spacial score (nSPS) is 17.9. The maximum absolute atomic E-state index is 13.1. The van der Waals surface area contributed by atoms with Crippen molar-refractivity contribution in [2.75, 3.05) is 12.0 Å². The zero-order valence-corrected chi connectivity index (χ0v) is 17.7. The lowest BCUT2D eigenvalue weighted by Crippen LogP contribution is -2.29. The van der Waals surface area contributed by atoms with Crippen LogP contribution < -0.4 is 9.64 Å². The van der Waals surface area contributed by atoms with Gasteiger partial charge in [-0.25, -0.2) is 0 Å². The third-order valence-corrected chi connectivity index (χ3v) is 5.50. The number of nitrogens with zero attached hydrogens (tertiary/aromatic N) is 1. The monoisotopic (exact) mass is 463 g/mol. The topological polar surface area (TPSA) is 66.8 Å². The number of hydrogen-bond donors (Lipinski definition) is 1.